The Morgan fingerprint density at radius 3 is 2.35 bits per heavy atom. The highest BCUT2D eigenvalue weighted by Gasteiger charge is 2.17. The van der Waals surface area contributed by atoms with E-state index in [2.05, 4.69) is 43.2 Å². The first-order valence-corrected chi connectivity index (χ1v) is 7.97. The average Bonchev–Trinajstić information content (AvgIpc) is 2.41. The van der Waals surface area contributed by atoms with Crippen LogP contribution in [0.3, 0.4) is 0 Å². The zero-order valence-corrected chi connectivity index (χ0v) is 13.7. The maximum Gasteiger partial charge on any atom is 0.208 e. The number of guanidine groups is 1. The molecule has 0 heterocycles. The largest absolute Gasteiger partial charge is 0.340 e. The van der Waals surface area contributed by atoms with Gasteiger partial charge in [-0.05, 0) is 32.9 Å². The van der Waals surface area contributed by atoms with Crippen molar-refractivity contribution < 1.29 is 0 Å². The minimum absolute atomic E-state index is 0.448. The second kappa shape index (κ2) is 9.19. The second-order valence-corrected chi connectivity index (χ2v) is 6.53. The van der Waals surface area contributed by atoms with Crippen LogP contribution in [-0.4, -0.2) is 55.5 Å². The van der Waals surface area contributed by atoms with E-state index in [4.69, 9.17) is 10.8 Å². The molecule has 1 fully saturated rings. The zero-order valence-electron chi connectivity index (χ0n) is 13.7. The second-order valence-electron chi connectivity index (χ2n) is 6.53. The lowest BCUT2D eigenvalue weighted by Crippen LogP contribution is -2.49. The molecule has 0 aromatic heterocycles. The van der Waals surface area contributed by atoms with Gasteiger partial charge in [-0.2, -0.15) is 0 Å². The molecule has 5 heteroatoms. The van der Waals surface area contributed by atoms with Crippen molar-refractivity contribution in [1.29, 1.82) is 0 Å². The van der Waals surface area contributed by atoms with E-state index in [-0.39, 0.29) is 0 Å². The number of hydrogen-bond acceptors (Lipinski definition) is 3. The van der Waals surface area contributed by atoms with Crippen LogP contribution in [0, 0.1) is 5.92 Å². The molecule has 1 aliphatic rings. The lowest BCUT2D eigenvalue weighted by molar-refractivity contribution is 0.298. The van der Waals surface area contributed by atoms with Crippen LogP contribution in [0.15, 0.2) is 4.99 Å². The van der Waals surface area contributed by atoms with E-state index >= 15 is 0 Å². The normalized spacial score (nSPS) is 17.9. The van der Waals surface area contributed by atoms with Crippen LogP contribution in [0.4, 0.5) is 0 Å². The smallest absolute Gasteiger partial charge is 0.208 e. The van der Waals surface area contributed by atoms with E-state index in [0.29, 0.717) is 12.0 Å². The highest BCUT2D eigenvalue weighted by molar-refractivity contribution is 5.79. The van der Waals surface area contributed by atoms with Gasteiger partial charge in [0.15, 0.2) is 0 Å². The Hall–Kier alpha value is -0.810. The number of rotatable bonds is 6. The van der Waals surface area contributed by atoms with Crippen LogP contribution in [0.2, 0.25) is 0 Å². The summed E-state index contributed by atoms with van der Waals surface area (Å²) in [5, 5.41) is 0. The third kappa shape index (κ3) is 6.57. The molecular weight excluding hydrogens is 250 g/mol. The highest BCUT2D eigenvalue weighted by Crippen LogP contribution is 2.20. The van der Waals surface area contributed by atoms with Gasteiger partial charge in [-0.15, -0.1) is 0 Å². The lowest BCUT2D eigenvalue weighted by Gasteiger charge is -2.30. The van der Waals surface area contributed by atoms with Crippen molar-refractivity contribution in [2.45, 2.75) is 52.0 Å². The van der Waals surface area contributed by atoms with Crippen molar-refractivity contribution in [2.24, 2.45) is 16.8 Å². The fraction of sp³-hybridized carbons (Fsp3) is 0.933. The Balaban J connectivity index is 2.68. The van der Waals surface area contributed by atoms with Crippen LogP contribution < -0.4 is 11.3 Å². The summed E-state index contributed by atoms with van der Waals surface area (Å²) >= 11 is 0. The van der Waals surface area contributed by atoms with Gasteiger partial charge in [0.05, 0.1) is 6.04 Å². The van der Waals surface area contributed by atoms with Gasteiger partial charge in [0.25, 0.3) is 0 Å². The summed E-state index contributed by atoms with van der Waals surface area (Å²) in [6, 6.07) is 0.448. The van der Waals surface area contributed by atoms with Gasteiger partial charge in [-0.1, -0.05) is 33.1 Å². The van der Waals surface area contributed by atoms with E-state index in [9.17, 15) is 0 Å². The summed E-state index contributed by atoms with van der Waals surface area (Å²) in [6.45, 7) is 7.43. The number of nitrogens with one attached hydrogen (secondary N) is 1. The number of hydrazine groups is 1. The molecule has 0 aliphatic heterocycles. The Kier molecular flexibility index (Phi) is 7.92. The molecule has 1 saturated carbocycles. The first-order valence-electron chi connectivity index (χ1n) is 7.97. The van der Waals surface area contributed by atoms with Crippen LogP contribution in [-0.2, 0) is 0 Å². The summed E-state index contributed by atoms with van der Waals surface area (Å²) in [7, 11) is 4.20. The molecule has 0 unspecified atom stereocenters. The quantitative estimate of drug-likeness (QED) is 0.337. The monoisotopic (exact) mass is 283 g/mol. The van der Waals surface area contributed by atoms with Crippen LogP contribution in [0.1, 0.15) is 46.0 Å². The Labute approximate surface area is 124 Å². The van der Waals surface area contributed by atoms with Crippen molar-refractivity contribution in [3.05, 3.63) is 0 Å². The Morgan fingerprint density at radius 2 is 1.85 bits per heavy atom. The summed E-state index contributed by atoms with van der Waals surface area (Å²) < 4.78 is 0. The van der Waals surface area contributed by atoms with Crippen LogP contribution in [0.25, 0.3) is 0 Å². The molecule has 0 bridgehead atoms. The number of likely N-dealkylation sites (N-methyl/N-ethyl adjacent to an activating group) is 1. The molecule has 0 spiro atoms. The molecule has 3 N–H and O–H groups in total. The summed E-state index contributed by atoms with van der Waals surface area (Å²) in [6.07, 6.45) is 6.36. The van der Waals surface area contributed by atoms with Gasteiger partial charge in [-0.3, -0.25) is 5.43 Å². The molecule has 0 aromatic carbocycles. The van der Waals surface area contributed by atoms with E-state index in [1.807, 2.05) is 0 Å². The molecule has 5 nitrogen and oxygen atoms in total. The average molecular weight is 283 g/mol. The Morgan fingerprint density at radius 1 is 1.20 bits per heavy atom. The van der Waals surface area contributed by atoms with Gasteiger partial charge >= 0.3 is 0 Å². The number of aliphatic imine (C=N–C) groups is 1. The van der Waals surface area contributed by atoms with Crippen molar-refractivity contribution in [1.82, 2.24) is 15.2 Å². The molecule has 0 amide bonds. The molecule has 0 atom stereocenters. The van der Waals surface area contributed by atoms with E-state index in [1.165, 1.54) is 32.1 Å². The topological polar surface area (TPSA) is 56.9 Å². The maximum absolute atomic E-state index is 5.74. The standard InChI is InChI=1S/C15H33N5/c1-13(2)12-20(11-10-19(3)4)15(18-16)17-14-8-6-5-7-9-14/h13-14H,5-12,16H2,1-4H3,(H,17,18). The predicted molar refractivity (Wildman–Crippen MR) is 86.6 cm³/mol. The van der Waals surface area contributed by atoms with Crippen LogP contribution >= 0.6 is 0 Å². The summed E-state index contributed by atoms with van der Waals surface area (Å²) in [5.74, 6) is 7.20. The number of nitrogens with two attached hydrogens (primary N) is 1. The fourth-order valence-electron chi connectivity index (χ4n) is 2.64. The van der Waals surface area contributed by atoms with Crippen molar-refractivity contribution in [3.8, 4) is 0 Å². The third-order valence-corrected chi connectivity index (χ3v) is 3.71. The van der Waals surface area contributed by atoms with Crippen LogP contribution in [0.5, 0.6) is 0 Å². The maximum atomic E-state index is 5.74. The van der Waals surface area contributed by atoms with Gasteiger partial charge in [-0.25, -0.2) is 10.8 Å². The SMILES string of the molecule is CC(C)CN(CCN(C)C)C(=NC1CCCCC1)NN. The number of nitrogens with zero attached hydrogens (tertiary/aromatic N) is 3. The van der Waals surface area contributed by atoms with E-state index in [0.717, 1.165) is 25.6 Å². The van der Waals surface area contributed by atoms with Crippen molar-refractivity contribution in [3.63, 3.8) is 0 Å². The molecule has 0 aromatic rings. The first-order chi connectivity index (χ1) is 9.52. The van der Waals surface area contributed by atoms with Gasteiger partial charge < -0.3 is 9.80 Å². The Bertz CT molecular complexity index is 282. The minimum atomic E-state index is 0.448. The van der Waals surface area contributed by atoms with Crippen molar-refractivity contribution in [2.75, 3.05) is 33.7 Å². The molecule has 118 valence electrons. The fourth-order valence-corrected chi connectivity index (χ4v) is 2.64. The molecule has 0 radical (unpaired) electrons. The molecular formula is C15H33N5. The zero-order chi connectivity index (χ0) is 15.0. The minimum Gasteiger partial charge on any atom is -0.340 e. The summed E-state index contributed by atoms with van der Waals surface area (Å²) in [5.41, 5.74) is 2.84. The van der Waals surface area contributed by atoms with E-state index in [1.54, 1.807) is 0 Å². The molecule has 1 rings (SSSR count). The van der Waals surface area contributed by atoms with Crippen molar-refractivity contribution >= 4 is 5.96 Å². The van der Waals surface area contributed by atoms with E-state index < -0.39 is 0 Å². The number of hydrogen-bond donors (Lipinski definition) is 2. The molecule has 0 saturated heterocycles. The summed E-state index contributed by atoms with van der Waals surface area (Å²) in [4.78, 5) is 9.36. The molecule has 20 heavy (non-hydrogen) atoms. The predicted octanol–water partition coefficient (Wildman–Crippen LogP) is 1.66. The third-order valence-electron chi connectivity index (χ3n) is 3.71. The molecule has 1 aliphatic carbocycles. The van der Waals surface area contributed by atoms with Gasteiger partial charge in [0.1, 0.15) is 0 Å². The van der Waals surface area contributed by atoms with Gasteiger partial charge in [0, 0.05) is 19.6 Å². The van der Waals surface area contributed by atoms with Gasteiger partial charge in [0.2, 0.25) is 5.96 Å². The highest BCUT2D eigenvalue weighted by atomic mass is 15.4. The first kappa shape index (κ1) is 17.2. The lowest BCUT2D eigenvalue weighted by atomic mass is 9.96.